The smallest absolute Gasteiger partial charge is 0.156 e. The van der Waals surface area contributed by atoms with Crippen molar-refractivity contribution in [2.24, 2.45) is 17.9 Å². The van der Waals surface area contributed by atoms with Gasteiger partial charge in [-0.25, -0.2) is 0 Å². The number of amidine groups is 1. The summed E-state index contributed by atoms with van der Waals surface area (Å²) in [7, 11) is 1.87. The normalized spacial score (nSPS) is 14.3. The van der Waals surface area contributed by atoms with Crippen LogP contribution in [-0.4, -0.2) is 26.9 Å². The second-order valence-corrected chi connectivity index (χ2v) is 3.07. The van der Waals surface area contributed by atoms with Crippen molar-refractivity contribution in [3.8, 4) is 0 Å². The summed E-state index contributed by atoms with van der Waals surface area (Å²) in [5.74, 6) is 0.173. The standard InChI is InChI=1S/C8H15N5O/c1-6(8(9)12-14)10-5-7-3-4-11-13(7)2/h3-4,6,10,14H,5H2,1-2H3,(H2,9,12). The van der Waals surface area contributed by atoms with Gasteiger partial charge in [0, 0.05) is 19.8 Å². The number of nitrogens with two attached hydrogens (primary N) is 1. The first kappa shape index (κ1) is 10.5. The molecule has 0 bridgehead atoms. The lowest BCUT2D eigenvalue weighted by atomic mass is 10.3. The molecule has 1 aromatic rings. The van der Waals surface area contributed by atoms with Crippen LogP contribution >= 0.6 is 0 Å². The van der Waals surface area contributed by atoms with Crippen LogP contribution in [0.2, 0.25) is 0 Å². The second kappa shape index (κ2) is 4.61. The number of aryl methyl sites for hydroxylation is 1. The van der Waals surface area contributed by atoms with E-state index in [4.69, 9.17) is 10.9 Å². The Kier molecular flexibility index (Phi) is 3.47. The van der Waals surface area contributed by atoms with Crippen LogP contribution in [0.5, 0.6) is 0 Å². The number of nitrogens with one attached hydrogen (secondary N) is 1. The summed E-state index contributed by atoms with van der Waals surface area (Å²) in [5.41, 5.74) is 6.45. The fourth-order valence-electron chi connectivity index (χ4n) is 1.02. The molecule has 1 heterocycles. The lowest BCUT2D eigenvalue weighted by Crippen LogP contribution is -2.38. The van der Waals surface area contributed by atoms with E-state index in [1.807, 2.05) is 20.0 Å². The van der Waals surface area contributed by atoms with E-state index >= 15 is 0 Å². The Hall–Kier alpha value is -1.56. The van der Waals surface area contributed by atoms with Crippen LogP contribution in [0.3, 0.4) is 0 Å². The van der Waals surface area contributed by atoms with Crippen molar-refractivity contribution in [2.45, 2.75) is 19.5 Å². The van der Waals surface area contributed by atoms with E-state index in [2.05, 4.69) is 15.6 Å². The van der Waals surface area contributed by atoms with Crippen molar-refractivity contribution in [2.75, 3.05) is 0 Å². The summed E-state index contributed by atoms with van der Waals surface area (Å²) in [6.45, 7) is 2.46. The molecule has 0 saturated heterocycles. The fourth-order valence-corrected chi connectivity index (χ4v) is 1.02. The average Bonchev–Trinajstić information content (AvgIpc) is 2.59. The van der Waals surface area contributed by atoms with Crippen LogP contribution in [-0.2, 0) is 13.6 Å². The average molecular weight is 197 g/mol. The Labute approximate surface area is 82.4 Å². The van der Waals surface area contributed by atoms with Crippen LogP contribution in [0.15, 0.2) is 17.4 Å². The van der Waals surface area contributed by atoms with Crippen LogP contribution < -0.4 is 11.1 Å². The van der Waals surface area contributed by atoms with E-state index in [0.29, 0.717) is 6.54 Å². The van der Waals surface area contributed by atoms with Gasteiger partial charge < -0.3 is 16.3 Å². The zero-order chi connectivity index (χ0) is 10.6. The number of hydrogen-bond acceptors (Lipinski definition) is 4. The summed E-state index contributed by atoms with van der Waals surface area (Å²) >= 11 is 0. The number of nitrogens with zero attached hydrogens (tertiary/aromatic N) is 3. The molecule has 0 aliphatic heterocycles. The van der Waals surface area contributed by atoms with Crippen molar-refractivity contribution in [3.63, 3.8) is 0 Å². The van der Waals surface area contributed by atoms with Gasteiger partial charge in [-0.05, 0) is 13.0 Å². The molecule has 0 spiro atoms. The van der Waals surface area contributed by atoms with Gasteiger partial charge in [-0.1, -0.05) is 5.16 Å². The van der Waals surface area contributed by atoms with E-state index in [1.165, 1.54) is 0 Å². The number of hydrogen-bond donors (Lipinski definition) is 3. The first-order chi connectivity index (χ1) is 6.65. The highest BCUT2D eigenvalue weighted by Gasteiger charge is 2.07. The molecule has 0 aliphatic carbocycles. The minimum atomic E-state index is -0.157. The van der Waals surface area contributed by atoms with Gasteiger partial charge in [0.05, 0.1) is 11.7 Å². The quantitative estimate of drug-likeness (QED) is 0.266. The Morgan fingerprint density at radius 3 is 3.07 bits per heavy atom. The van der Waals surface area contributed by atoms with Crippen LogP contribution in [0.25, 0.3) is 0 Å². The molecular weight excluding hydrogens is 182 g/mol. The van der Waals surface area contributed by atoms with Gasteiger partial charge in [0.15, 0.2) is 5.84 Å². The lowest BCUT2D eigenvalue weighted by molar-refractivity contribution is 0.315. The molecule has 14 heavy (non-hydrogen) atoms. The molecule has 1 rings (SSSR count). The number of oxime groups is 1. The summed E-state index contributed by atoms with van der Waals surface area (Å²) in [4.78, 5) is 0. The van der Waals surface area contributed by atoms with E-state index in [1.54, 1.807) is 10.9 Å². The van der Waals surface area contributed by atoms with Gasteiger partial charge in [-0.3, -0.25) is 4.68 Å². The molecule has 0 saturated carbocycles. The van der Waals surface area contributed by atoms with Crippen molar-refractivity contribution >= 4 is 5.84 Å². The summed E-state index contributed by atoms with van der Waals surface area (Å²) in [6.07, 6.45) is 1.73. The van der Waals surface area contributed by atoms with Gasteiger partial charge in [0.1, 0.15) is 0 Å². The summed E-state index contributed by atoms with van der Waals surface area (Å²) < 4.78 is 1.77. The largest absolute Gasteiger partial charge is 0.409 e. The van der Waals surface area contributed by atoms with Gasteiger partial charge in [0.2, 0.25) is 0 Å². The van der Waals surface area contributed by atoms with E-state index < -0.39 is 0 Å². The lowest BCUT2D eigenvalue weighted by Gasteiger charge is -2.11. The minimum absolute atomic E-state index is 0.157. The van der Waals surface area contributed by atoms with Gasteiger partial charge >= 0.3 is 0 Å². The first-order valence-electron chi connectivity index (χ1n) is 4.33. The Bertz CT molecular complexity index is 319. The summed E-state index contributed by atoms with van der Waals surface area (Å²) in [6, 6.07) is 1.75. The van der Waals surface area contributed by atoms with Crippen molar-refractivity contribution in [3.05, 3.63) is 18.0 Å². The molecule has 6 heteroatoms. The second-order valence-electron chi connectivity index (χ2n) is 3.07. The minimum Gasteiger partial charge on any atom is -0.409 e. The maximum atomic E-state index is 8.42. The van der Waals surface area contributed by atoms with Crippen molar-refractivity contribution < 1.29 is 5.21 Å². The zero-order valence-electron chi connectivity index (χ0n) is 8.31. The van der Waals surface area contributed by atoms with E-state index in [-0.39, 0.29) is 11.9 Å². The van der Waals surface area contributed by atoms with E-state index in [9.17, 15) is 0 Å². The molecular formula is C8H15N5O. The van der Waals surface area contributed by atoms with Crippen molar-refractivity contribution in [1.82, 2.24) is 15.1 Å². The topological polar surface area (TPSA) is 88.5 Å². The predicted octanol–water partition coefficient (Wildman–Crippen LogP) is -0.355. The SMILES string of the molecule is CC(NCc1ccnn1C)C(N)=NO. The van der Waals surface area contributed by atoms with Crippen LogP contribution in [0.4, 0.5) is 0 Å². The number of aromatic nitrogens is 2. The highest BCUT2D eigenvalue weighted by Crippen LogP contribution is 1.96. The Morgan fingerprint density at radius 1 is 1.86 bits per heavy atom. The third-order valence-corrected chi connectivity index (χ3v) is 2.07. The van der Waals surface area contributed by atoms with E-state index in [0.717, 1.165) is 5.69 Å². The molecule has 0 fully saturated rings. The molecule has 1 unspecified atom stereocenters. The van der Waals surface area contributed by atoms with Crippen LogP contribution in [0, 0.1) is 0 Å². The van der Waals surface area contributed by atoms with Crippen LogP contribution in [0.1, 0.15) is 12.6 Å². The third kappa shape index (κ3) is 2.46. The molecule has 0 aliphatic rings. The molecule has 1 aromatic heterocycles. The summed E-state index contributed by atoms with van der Waals surface area (Å²) in [5, 5.41) is 18.5. The molecule has 0 amide bonds. The maximum Gasteiger partial charge on any atom is 0.156 e. The Balaban J connectivity index is 2.45. The molecule has 4 N–H and O–H groups in total. The molecule has 1 atom stereocenters. The molecule has 0 aromatic carbocycles. The molecule has 0 radical (unpaired) electrons. The monoisotopic (exact) mass is 197 g/mol. The van der Waals surface area contributed by atoms with Gasteiger partial charge in [-0.2, -0.15) is 5.10 Å². The first-order valence-corrected chi connectivity index (χ1v) is 4.33. The fraction of sp³-hybridized carbons (Fsp3) is 0.500. The van der Waals surface area contributed by atoms with Gasteiger partial charge in [-0.15, -0.1) is 0 Å². The molecule has 6 nitrogen and oxygen atoms in total. The highest BCUT2D eigenvalue weighted by molar-refractivity contribution is 5.84. The Morgan fingerprint density at radius 2 is 2.57 bits per heavy atom. The van der Waals surface area contributed by atoms with Crippen molar-refractivity contribution in [1.29, 1.82) is 0 Å². The maximum absolute atomic E-state index is 8.42. The number of rotatable bonds is 4. The molecule has 78 valence electrons. The highest BCUT2D eigenvalue weighted by atomic mass is 16.4. The zero-order valence-corrected chi connectivity index (χ0v) is 8.31. The third-order valence-electron chi connectivity index (χ3n) is 2.07. The van der Waals surface area contributed by atoms with Gasteiger partial charge in [0.25, 0.3) is 0 Å². The predicted molar refractivity (Wildman–Crippen MR) is 52.9 cm³/mol.